The predicted octanol–water partition coefficient (Wildman–Crippen LogP) is 3.33. The number of aromatic nitrogens is 3. The van der Waals surface area contributed by atoms with E-state index in [1.807, 2.05) is 6.92 Å². The number of aryl methyl sites for hydroxylation is 2. The summed E-state index contributed by atoms with van der Waals surface area (Å²) in [6.07, 6.45) is 1.61. The van der Waals surface area contributed by atoms with Gasteiger partial charge in [-0.1, -0.05) is 6.07 Å². The van der Waals surface area contributed by atoms with E-state index in [9.17, 15) is 13.6 Å². The molecule has 6 nitrogen and oxygen atoms in total. The molecular formula is C18H16F2N4O2. The number of halogens is 2. The Hall–Kier alpha value is -3.29. The van der Waals surface area contributed by atoms with Gasteiger partial charge in [0.1, 0.15) is 23.1 Å². The molecule has 8 heteroatoms. The van der Waals surface area contributed by atoms with E-state index >= 15 is 0 Å². The maximum Gasteiger partial charge on any atom is 0.276 e. The van der Waals surface area contributed by atoms with Crippen molar-refractivity contribution in [1.82, 2.24) is 14.8 Å². The number of hydrogen-bond acceptors (Lipinski definition) is 4. The van der Waals surface area contributed by atoms with E-state index in [-0.39, 0.29) is 5.69 Å². The quantitative estimate of drug-likeness (QED) is 0.777. The van der Waals surface area contributed by atoms with Gasteiger partial charge in [-0.3, -0.25) is 14.5 Å². The molecule has 2 aromatic heterocycles. The molecule has 1 aromatic carbocycles. The number of carbonyl (C=O) groups is 1. The molecule has 1 amide bonds. The predicted molar refractivity (Wildman–Crippen MR) is 92.0 cm³/mol. The Balaban J connectivity index is 1.95. The highest BCUT2D eigenvalue weighted by atomic mass is 19.1. The number of rotatable bonds is 4. The number of hydrogen-bond donors (Lipinski definition) is 1. The highest BCUT2D eigenvalue weighted by molar-refractivity contribution is 6.03. The summed E-state index contributed by atoms with van der Waals surface area (Å²) in [7, 11) is 3.18. The van der Waals surface area contributed by atoms with Gasteiger partial charge in [0.05, 0.1) is 18.4 Å². The van der Waals surface area contributed by atoms with Crippen molar-refractivity contribution in [1.29, 1.82) is 0 Å². The number of pyridine rings is 1. The van der Waals surface area contributed by atoms with Crippen LogP contribution in [0.4, 0.5) is 14.5 Å². The number of nitrogens with one attached hydrogen (secondary N) is 1. The van der Waals surface area contributed by atoms with E-state index in [0.29, 0.717) is 17.0 Å². The van der Waals surface area contributed by atoms with Crippen LogP contribution in [0.25, 0.3) is 11.3 Å². The minimum Gasteiger partial charge on any atom is -0.496 e. The van der Waals surface area contributed by atoms with Crippen LogP contribution in [0.5, 0.6) is 5.75 Å². The molecule has 0 unspecified atom stereocenters. The number of amides is 1. The third kappa shape index (κ3) is 3.26. The summed E-state index contributed by atoms with van der Waals surface area (Å²) in [5.74, 6) is -1.87. The lowest BCUT2D eigenvalue weighted by Crippen LogP contribution is -2.15. The van der Waals surface area contributed by atoms with Gasteiger partial charge in [-0.25, -0.2) is 8.78 Å². The first-order chi connectivity index (χ1) is 12.4. The molecule has 0 radical (unpaired) electrons. The van der Waals surface area contributed by atoms with Crippen LogP contribution in [-0.4, -0.2) is 27.8 Å². The molecule has 3 aromatic rings. The van der Waals surface area contributed by atoms with Crippen LogP contribution in [0.1, 0.15) is 16.2 Å². The van der Waals surface area contributed by atoms with Crippen LogP contribution in [0.3, 0.4) is 0 Å². The summed E-state index contributed by atoms with van der Waals surface area (Å²) in [5, 5.41) is 6.33. The SMILES string of the molecule is COc1cc(C)ncc1-c1cc(C(=O)Nc2c(F)cccc2F)nn1C. The minimum atomic E-state index is -0.862. The van der Waals surface area contributed by atoms with Gasteiger partial charge < -0.3 is 10.1 Å². The van der Waals surface area contributed by atoms with Crippen molar-refractivity contribution < 1.29 is 18.3 Å². The summed E-state index contributed by atoms with van der Waals surface area (Å²) in [6.45, 7) is 1.83. The van der Waals surface area contributed by atoms with Gasteiger partial charge in [-0.2, -0.15) is 5.10 Å². The third-order valence-electron chi connectivity index (χ3n) is 3.81. The van der Waals surface area contributed by atoms with E-state index in [1.165, 1.54) is 23.9 Å². The Morgan fingerprint density at radius 1 is 1.23 bits per heavy atom. The number of methoxy groups -OCH3 is 1. The fourth-order valence-corrected chi connectivity index (χ4v) is 2.52. The Bertz CT molecular complexity index is 965. The van der Waals surface area contributed by atoms with E-state index in [1.54, 1.807) is 19.3 Å². The van der Waals surface area contributed by atoms with Crippen LogP contribution in [0.15, 0.2) is 36.5 Å². The van der Waals surface area contributed by atoms with Crippen LogP contribution < -0.4 is 10.1 Å². The average molecular weight is 358 g/mol. The Morgan fingerprint density at radius 2 is 1.92 bits per heavy atom. The molecule has 2 heterocycles. The monoisotopic (exact) mass is 358 g/mol. The molecule has 0 saturated heterocycles. The van der Waals surface area contributed by atoms with Crippen LogP contribution in [-0.2, 0) is 7.05 Å². The third-order valence-corrected chi connectivity index (χ3v) is 3.81. The maximum absolute atomic E-state index is 13.7. The summed E-state index contributed by atoms with van der Waals surface area (Å²) in [5.41, 5.74) is 1.49. The van der Waals surface area contributed by atoms with Gasteiger partial charge in [0, 0.05) is 25.0 Å². The topological polar surface area (TPSA) is 69.0 Å². The largest absolute Gasteiger partial charge is 0.496 e. The van der Waals surface area contributed by atoms with Crippen LogP contribution in [0, 0.1) is 18.6 Å². The molecule has 0 bridgehead atoms. The Labute approximate surface area is 148 Å². The highest BCUT2D eigenvalue weighted by Crippen LogP contribution is 2.30. The standard InChI is InChI=1S/C18H16F2N4O2/c1-10-7-16(26-3)11(9-21-10)15-8-14(23-24(15)2)18(25)22-17-12(19)5-4-6-13(17)20/h4-9H,1-3H3,(H,22,25). The zero-order valence-corrected chi connectivity index (χ0v) is 14.4. The second-order valence-electron chi connectivity index (χ2n) is 5.62. The second kappa shape index (κ2) is 6.91. The fraction of sp³-hybridized carbons (Fsp3) is 0.167. The van der Waals surface area contributed by atoms with Crippen molar-refractivity contribution in [3.63, 3.8) is 0 Å². The molecular weight excluding hydrogens is 342 g/mol. The summed E-state index contributed by atoms with van der Waals surface area (Å²) in [6, 6.07) is 6.60. The number of para-hydroxylation sites is 1. The zero-order valence-electron chi connectivity index (χ0n) is 14.4. The summed E-state index contributed by atoms with van der Waals surface area (Å²) >= 11 is 0. The molecule has 0 aliphatic carbocycles. The molecule has 0 fully saturated rings. The number of anilines is 1. The first-order valence-corrected chi connectivity index (χ1v) is 7.71. The molecule has 0 spiro atoms. The van der Waals surface area contributed by atoms with Gasteiger partial charge in [0.2, 0.25) is 0 Å². The molecule has 0 atom stereocenters. The fourth-order valence-electron chi connectivity index (χ4n) is 2.52. The molecule has 134 valence electrons. The lowest BCUT2D eigenvalue weighted by Gasteiger charge is -2.08. The molecule has 0 saturated carbocycles. The molecule has 3 rings (SSSR count). The van der Waals surface area contributed by atoms with Gasteiger partial charge in [-0.15, -0.1) is 0 Å². The second-order valence-corrected chi connectivity index (χ2v) is 5.62. The van der Waals surface area contributed by atoms with Crippen molar-refractivity contribution >= 4 is 11.6 Å². The molecule has 0 aliphatic rings. The van der Waals surface area contributed by atoms with Crippen LogP contribution in [0.2, 0.25) is 0 Å². The van der Waals surface area contributed by atoms with E-state index in [0.717, 1.165) is 17.8 Å². The van der Waals surface area contributed by atoms with E-state index in [4.69, 9.17) is 4.74 Å². The molecule has 1 N–H and O–H groups in total. The van der Waals surface area contributed by atoms with Crippen molar-refractivity contribution in [3.8, 4) is 17.0 Å². The average Bonchev–Trinajstić information content (AvgIpc) is 2.99. The lowest BCUT2D eigenvalue weighted by molar-refractivity contribution is 0.102. The number of ether oxygens (including phenoxy) is 1. The van der Waals surface area contributed by atoms with Crippen LogP contribution >= 0.6 is 0 Å². The Kier molecular flexibility index (Phi) is 4.66. The van der Waals surface area contributed by atoms with Gasteiger partial charge in [-0.05, 0) is 25.1 Å². The van der Waals surface area contributed by atoms with Crippen molar-refractivity contribution in [2.75, 3.05) is 12.4 Å². The number of carbonyl (C=O) groups excluding carboxylic acids is 1. The van der Waals surface area contributed by atoms with E-state index < -0.39 is 23.2 Å². The number of nitrogens with zero attached hydrogens (tertiary/aromatic N) is 3. The smallest absolute Gasteiger partial charge is 0.276 e. The number of benzene rings is 1. The molecule has 0 aliphatic heterocycles. The summed E-state index contributed by atoms with van der Waals surface area (Å²) in [4.78, 5) is 16.6. The van der Waals surface area contributed by atoms with E-state index in [2.05, 4.69) is 15.4 Å². The van der Waals surface area contributed by atoms with Gasteiger partial charge >= 0.3 is 0 Å². The lowest BCUT2D eigenvalue weighted by atomic mass is 10.1. The Morgan fingerprint density at radius 3 is 2.58 bits per heavy atom. The maximum atomic E-state index is 13.7. The highest BCUT2D eigenvalue weighted by Gasteiger charge is 2.19. The summed E-state index contributed by atoms with van der Waals surface area (Å²) < 4.78 is 34.2. The van der Waals surface area contributed by atoms with Crippen molar-refractivity contribution in [3.05, 3.63) is 59.6 Å². The first-order valence-electron chi connectivity index (χ1n) is 7.71. The van der Waals surface area contributed by atoms with Gasteiger partial charge in [0.25, 0.3) is 5.91 Å². The van der Waals surface area contributed by atoms with Crippen molar-refractivity contribution in [2.45, 2.75) is 6.92 Å². The van der Waals surface area contributed by atoms with Gasteiger partial charge in [0.15, 0.2) is 5.69 Å². The zero-order chi connectivity index (χ0) is 18.8. The molecule has 26 heavy (non-hydrogen) atoms. The minimum absolute atomic E-state index is 0.00720. The first kappa shape index (κ1) is 17.5. The normalized spacial score (nSPS) is 10.7. The van der Waals surface area contributed by atoms with Crippen molar-refractivity contribution in [2.24, 2.45) is 7.05 Å².